The first-order chi connectivity index (χ1) is 10.5. The summed E-state index contributed by atoms with van der Waals surface area (Å²) in [7, 11) is 0. The predicted molar refractivity (Wildman–Crippen MR) is 98.2 cm³/mol. The molecule has 4 rings (SSSR count). The van der Waals surface area contributed by atoms with Crippen molar-refractivity contribution < 1.29 is 0 Å². The first kappa shape index (κ1) is 15.5. The van der Waals surface area contributed by atoms with Gasteiger partial charge in [0.25, 0.3) is 0 Å². The molecule has 122 valence electrons. The van der Waals surface area contributed by atoms with Gasteiger partial charge in [0.2, 0.25) is 0 Å². The topological polar surface area (TPSA) is 0 Å². The van der Waals surface area contributed by atoms with Gasteiger partial charge >= 0.3 is 0 Å². The second-order valence-electron chi connectivity index (χ2n) is 8.87. The molecule has 22 heavy (non-hydrogen) atoms. The van der Waals surface area contributed by atoms with Crippen LogP contribution in [0, 0.1) is 28.6 Å². The third kappa shape index (κ3) is 1.75. The first-order valence-corrected chi connectivity index (χ1v) is 10.3. The molecule has 0 unspecified atom stereocenters. The number of allylic oxidation sites excluding steroid dienone is 4. The summed E-state index contributed by atoms with van der Waals surface area (Å²) in [4.78, 5) is 0. The molecule has 4 aliphatic rings. The van der Waals surface area contributed by atoms with Crippen molar-refractivity contribution >= 4 is 15.9 Å². The van der Waals surface area contributed by atoms with E-state index in [0.29, 0.717) is 9.74 Å². The fourth-order valence-corrected chi connectivity index (χ4v) is 8.14. The number of halogens is 1. The summed E-state index contributed by atoms with van der Waals surface area (Å²) in [5, 5.41) is 0. The molecule has 0 nitrogen and oxygen atoms in total. The Morgan fingerprint density at radius 3 is 2.73 bits per heavy atom. The number of alkyl halides is 1. The smallest absolute Gasteiger partial charge is 0.0414 e. The Hall–Kier alpha value is -0.0400. The van der Waals surface area contributed by atoms with Crippen LogP contribution in [-0.4, -0.2) is 4.32 Å². The zero-order valence-electron chi connectivity index (χ0n) is 14.5. The third-order valence-electron chi connectivity index (χ3n) is 8.41. The van der Waals surface area contributed by atoms with E-state index in [4.69, 9.17) is 0 Å². The minimum absolute atomic E-state index is 0.264. The maximum Gasteiger partial charge on any atom is 0.0414 e. The zero-order chi connectivity index (χ0) is 15.6. The standard InChI is InChI=1S/C21H31Br/c1-4-15-8-10-17-18-11-9-16-7-5-6-12-20(16,3)21(18,22)14-13-19(15,17)2/h6-7,12,15,17-18H,4-5,8-11,13-14H2,1-3H3/t15-,17-,18-,19+,20-,21+/m0/s1. The maximum atomic E-state index is 4.38. The molecule has 4 aliphatic carbocycles. The van der Waals surface area contributed by atoms with Gasteiger partial charge in [-0.15, -0.1) is 0 Å². The van der Waals surface area contributed by atoms with Gasteiger partial charge in [0.15, 0.2) is 0 Å². The van der Waals surface area contributed by atoms with Gasteiger partial charge < -0.3 is 0 Å². The van der Waals surface area contributed by atoms with Crippen LogP contribution in [0.5, 0.6) is 0 Å². The summed E-state index contributed by atoms with van der Waals surface area (Å²) < 4.78 is 0.313. The fraction of sp³-hybridized carbons (Fsp3) is 0.810. The molecule has 3 fully saturated rings. The van der Waals surface area contributed by atoms with E-state index in [1.807, 2.05) is 0 Å². The van der Waals surface area contributed by atoms with E-state index in [1.165, 1.54) is 44.9 Å². The highest BCUT2D eigenvalue weighted by Crippen LogP contribution is 2.70. The van der Waals surface area contributed by atoms with E-state index in [0.717, 1.165) is 24.2 Å². The van der Waals surface area contributed by atoms with Gasteiger partial charge in [-0.05, 0) is 68.1 Å². The average Bonchev–Trinajstić information content (AvgIpc) is 2.84. The molecule has 0 aromatic carbocycles. The maximum absolute atomic E-state index is 4.38. The Labute approximate surface area is 145 Å². The van der Waals surface area contributed by atoms with Crippen molar-refractivity contribution in [2.24, 2.45) is 28.6 Å². The van der Waals surface area contributed by atoms with Crippen molar-refractivity contribution in [1.29, 1.82) is 0 Å². The Morgan fingerprint density at radius 1 is 1.14 bits per heavy atom. The molecule has 0 amide bonds. The van der Waals surface area contributed by atoms with Gasteiger partial charge in [-0.3, -0.25) is 0 Å². The molecule has 0 N–H and O–H groups in total. The molecular weight excluding hydrogens is 332 g/mol. The largest absolute Gasteiger partial charge is 0.0838 e. The Morgan fingerprint density at radius 2 is 1.95 bits per heavy atom. The van der Waals surface area contributed by atoms with Gasteiger partial charge in [-0.1, -0.05) is 66.9 Å². The van der Waals surface area contributed by atoms with Crippen LogP contribution in [0.15, 0.2) is 23.8 Å². The summed E-state index contributed by atoms with van der Waals surface area (Å²) in [5.41, 5.74) is 2.60. The molecule has 0 radical (unpaired) electrons. The second-order valence-corrected chi connectivity index (χ2v) is 10.3. The van der Waals surface area contributed by atoms with Crippen molar-refractivity contribution in [2.75, 3.05) is 0 Å². The molecule has 0 aromatic rings. The SMILES string of the molecule is CC[C@H]1CC[C@H]2[C@@H]3CCC4=CCC=C[C@]4(C)[C@@]3(Br)CC[C@]12C. The van der Waals surface area contributed by atoms with Gasteiger partial charge in [0.1, 0.15) is 0 Å². The molecule has 0 aromatic heterocycles. The lowest BCUT2D eigenvalue weighted by molar-refractivity contribution is -0.0118. The van der Waals surface area contributed by atoms with Crippen molar-refractivity contribution in [3.05, 3.63) is 23.8 Å². The number of hydrogen-bond donors (Lipinski definition) is 0. The number of rotatable bonds is 1. The molecule has 6 atom stereocenters. The van der Waals surface area contributed by atoms with E-state index in [9.17, 15) is 0 Å². The monoisotopic (exact) mass is 362 g/mol. The van der Waals surface area contributed by atoms with Crippen LogP contribution in [0.3, 0.4) is 0 Å². The second kappa shape index (κ2) is 4.98. The lowest BCUT2D eigenvalue weighted by Gasteiger charge is -2.62. The minimum Gasteiger partial charge on any atom is -0.0838 e. The van der Waals surface area contributed by atoms with E-state index in [2.05, 4.69) is 54.9 Å². The van der Waals surface area contributed by atoms with Crippen LogP contribution in [0.25, 0.3) is 0 Å². The van der Waals surface area contributed by atoms with Crippen LogP contribution < -0.4 is 0 Å². The summed E-state index contributed by atoms with van der Waals surface area (Å²) in [6, 6.07) is 0. The summed E-state index contributed by atoms with van der Waals surface area (Å²) in [6.45, 7) is 7.57. The van der Waals surface area contributed by atoms with E-state index >= 15 is 0 Å². The molecular formula is C21H31Br. The quantitative estimate of drug-likeness (QED) is 0.361. The van der Waals surface area contributed by atoms with Gasteiger partial charge in [0.05, 0.1) is 0 Å². The van der Waals surface area contributed by atoms with Crippen LogP contribution in [-0.2, 0) is 0 Å². The third-order valence-corrected chi connectivity index (χ3v) is 10.2. The van der Waals surface area contributed by atoms with Crippen molar-refractivity contribution in [3.8, 4) is 0 Å². The first-order valence-electron chi connectivity index (χ1n) is 9.52. The van der Waals surface area contributed by atoms with Gasteiger partial charge in [0, 0.05) is 9.74 Å². The van der Waals surface area contributed by atoms with Crippen molar-refractivity contribution in [3.63, 3.8) is 0 Å². The highest BCUT2D eigenvalue weighted by Gasteiger charge is 2.64. The Bertz CT molecular complexity index is 532. The number of fused-ring (bicyclic) bond motifs is 5. The summed E-state index contributed by atoms with van der Waals surface area (Å²) >= 11 is 4.38. The molecule has 0 bridgehead atoms. The van der Waals surface area contributed by atoms with E-state index < -0.39 is 0 Å². The zero-order valence-corrected chi connectivity index (χ0v) is 16.1. The molecule has 0 heterocycles. The average molecular weight is 363 g/mol. The normalized spacial score (nSPS) is 53.5. The molecule has 1 heteroatoms. The van der Waals surface area contributed by atoms with Crippen molar-refractivity contribution in [2.45, 2.75) is 76.5 Å². The fourth-order valence-electron chi connectivity index (χ4n) is 7.01. The molecule has 0 saturated heterocycles. The summed E-state index contributed by atoms with van der Waals surface area (Å²) in [5.74, 6) is 2.79. The van der Waals surface area contributed by atoms with Crippen LogP contribution in [0.1, 0.15) is 72.1 Å². The molecule has 0 spiro atoms. The molecule has 3 saturated carbocycles. The summed E-state index contributed by atoms with van der Waals surface area (Å²) in [6.07, 6.45) is 18.5. The Kier molecular flexibility index (Phi) is 3.50. The highest BCUT2D eigenvalue weighted by molar-refractivity contribution is 9.10. The Balaban J connectivity index is 1.74. The highest BCUT2D eigenvalue weighted by atomic mass is 79.9. The van der Waals surface area contributed by atoms with Crippen molar-refractivity contribution in [1.82, 2.24) is 0 Å². The lowest BCUT2D eigenvalue weighted by atomic mass is 9.47. The van der Waals surface area contributed by atoms with Crippen LogP contribution in [0.2, 0.25) is 0 Å². The van der Waals surface area contributed by atoms with E-state index in [1.54, 1.807) is 5.57 Å². The van der Waals surface area contributed by atoms with Gasteiger partial charge in [-0.25, -0.2) is 0 Å². The minimum atomic E-state index is 0.264. The van der Waals surface area contributed by atoms with Crippen LogP contribution in [0.4, 0.5) is 0 Å². The number of hydrogen-bond acceptors (Lipinski definition) is 0. The van der Waals surface area contributed by atoms with E-state index in [-0.39, 0.29) is 5.41 Å². The molecule has 0 aliphatic heterocycles. The van der Waals surface area contributed by atoms with Crippen LogP contribution >= 0.6 is 15.9 Å². The lowest BCUT2D eigenvalue weighted by Crippen LogP contribution is -2.58. The predicted octanol–water partition coefficient (Wildman–Crippen LogP) is 6.66. The van der Waals surface area contributed by atoms with Gasteiger partial charge in [-0.2, -0.15) is 0 Å².